The summed E-state index contributed by atoms with van der Waals surface area (Å²) in [5.41, 5.74) is 3.32. The second-order valence-corrected chi connectivity index (χ2v) is 6.94. The molecule has 26 heavy (non-hydrogen) atoms. The first-order chi connectivity index (χ1) is 12.4. The molecule has 0 heterocycles. The van der Waals surface area contributed by atoms with E-state index in [-0.39, 0.29) is 30.2 Å². The smallest absolute Gasteiger partial charge is 0.251 e. The number of aryl methyl sites for hydroxylation is 2. The maximum absolute atomic E-state index is 13.4. The van der Waals surface area contributed by atoms with Crippen LogP contribution in [0.5, 0.6) is 0 Å². The SMILES string of the molecule is Cc1cc(C)cc(C(=O)NCC(=O)N(Cc2cccc(F)c2)C2CC2)c1. The molecule has 136 valence electrons. The Morgan fingerprint density at radius 3 is 2.42 bits per heavy atom. The average molecular weight is 354 g/mol. The zero-order valence-corrected chi connectivity index (χ0v) is 15.1. The number of rotatable bonds is 6. The molecule has 1 aliphatic carbocycles. The molecule has 5 heteroatoms. The number of hydrogen-bond donors (Lipinski definition) is 1. The summed E-state index contributed by atoms with van der Waals surface area (Å²) in [6, 6.07) is 12.1. The Hall–Kier alpha value is -2.69. The molecule has 0 bridgehead atoms. The van der Waals surface area contributed by atoms with Crippen molar-refractivity contribution in [2.24, 2.45) is 0 Å². The maximum Gasteiger partial charge on any atom is 0.251 e. The Balaban J connectivity index is 1.62. The van der Waals surface area contributed by atoms with Crippen LogP contribution in [0.1, 0.15) is 39.9 Å². The molecule has 0 unspecified atom stereocenters. The summed E-state index contributed by atoms with van der Waals surface area (Å²) in [4.78, 5) is 26.7. The van der Waals surface area contributed by atoms with Crippen LogP contribution in [0.2, 0.25) is 0 Å². The number of amides is 2. The van der Waals surface area contributed by atoms with Crippen molar-refractivity contribution < 1.29 is 14.0 Å². The van der Waals surface area contributed by atoms with E-state index in [1.165, 1.54) is 12.1 Å². The first kappa shape index (κ1) is 18.1. The normalized spacial score (nSPS) is 13.3. The van der Waals surface area contributed by atoms with E-state index in [2.05, 4.69) is 5.32 Å². The highest BCUT2D eigenvalue weighted by atomic mass is 19.1. The summed E-state index contributed by atoms with van der Waals surface area (Å²) < 4.78 is 13.4. The molecule has 1 N–H and O–H groups in total. The zero-order valence-electron chi connectivity index (χ0n) is 15.1. The van der Waals surface area contributed by atoms with Gasteiger partial charge in [0, 0.05) is 18.2 Å². The molecule has 0 spiro atoms. The minimum Gasteiger partial charge on any atom is -0.343 e. The van der Waals surface area contributed by atoms with Gasteiger partial charge in [-0.3, -0.25) is 9.59 Å². The summed E-state index contributed by atoms with van der Waals surface area (Å²) in [7, 11) is 0. The molecule has 0 aromatic heterocycles. The van der Waals surface area contributed by atoms with Gasteiger partial charge in [0.1, 0.15) is 5.82 Å². The molecule has 3 rings (SSSR count). The maximum atomic E-state index is 13.4. The van der Waals surface area contributed by atoms with Gasteiger partial charge in [0.15, 0.2) is 0 Å². The lowest BCUT2D eigenvalue weighted by Gasteiger charge is -2.23. The number of halogens is 1. The Morgan fingerprint density at radius 2 is 1.81 bits per heavy atom. The summed E-state index contributed by atoms with van der Waals surface area (Å²) in [5, 5.41) is 2.71. The second kappa shape index (κ2) is 7.68. The standard InChI is InChI=1S/C21H23FN2O2/c1-14-8-15(2)10-17(9-14)21(26)23-12-20(25)24(19-6-7-19)13-16-4-3-5-18(22)11-16/h3-5,8-11,19H,6-7,12-13H2,1-2H3,(H,23,26). The molecule has 1 aliphatic rings. The quantitative estimate of drug-likeness (QED) is 0.865. The molecule has 0 radical (unpaired) electrons. The van der Waals surface area contributed by atoms with Crippen molar-refractivity contribution in [3.05, 3.63) is 70.5 Å². The van der Waals surface area contributed by atoms with Crippen molar-refractivity contribution >= 4 is 11.8 Å². The minimum atomic E-state index is -0.311. The molecular weight excluding hydrogens is 331 g/mol. The Kier molecular flexibility index (Phi) is 5.35. The Labute approximate surface area is 153 Å². The van der Waals surface area contributed by atoms with Crippen LogP contribution in [0.15, 0.2) is 42.5 Å². The fourth-order valence-corrected chi connectivity index (χ4v) is 3.10. The van der Waals surface area contributed by atoms with Crippen LogP contribution in [-0.4, -0.2) is 29.3 Å². The fraction of sp³-hybridized carbons (Fsp3) is 0.333. The van der Waals surface area contributed by atoms with Crippen LogP contribution < -0.4 is 5.32 Å². The number of hydrogen-bond acceptors (Lipinski definition) is 2. The van der Waals surface area contributed by atoms with Crippen molar-refractivity contribution in [3.8, 4) is 0 Å². The van der Waals surface area contributed by atoms with Crippen molar-refractivity contribution in [3.63, 3.8) is 0 Å². The molecule has 0 atom stereocenters. The van der Waals surface area contributed by atoms with Gasteiger partial charge in [-0.2, -0.15) is 0 Å². The number of benzene rings is 2. The third-order valence-corrected chi connectivity index (χ3v) is 4.43. The van der Waals surface area contributed by atoms with Gasteiger partial charge in [0.25, 0.3) is 5.91 Å². The van der Waals surface area contributed by atoms with Gasteiger partial charge in [0.05, 0.1) is 6.54 Å². The highest BCUT2D eigenvalue weighted by molar-refractivity contribution is 5.96. The van der Waals surface area contributed by atoms with E-state index < -0.39 is 0 Å². The van der Waals surface area contributed by atoms with E-state index in [0.717, 1.165) is 29.5 Å². The average Bonchev–Trinajstić information content (AvgIpc) is 3.41. The topological polar surface area (TPSA) is 49.4 Å². The van der Waals surface area contributed by atoms with Crippen LogP contribution in [0.4, 0.5) is 4.39 Å². The molecule has 0 aliphatic heterocycles. The first-order valence-corrected chi connectivity index (χ1v) is 8.83. The summed E-state index contributed by atoms with van der Waals surface area (Å²) in [5.74, 6) is -0.713. The molecule has 1 fully saturated rings. The monoisotopic (exact) mass is 354 g/mol. The van der Waals surface area contributed by atoms with E-state index in [4.69, 9.17) is 0 Å². The lowest BCUT2D eigenvalue weighted by atomic mass is 10.1. The summed E-state index contributed by atoms with van der Waals surface area (Å²) in [6.45, 7) is 4.17. The molecule has 1 saturated carbocycles. The van der Waals surface area contributed by atoms with E-state index >= 15 is 0 Å². The van der Waals surface area contributed by atoms with E-state index in [1.807, 2.05) is 19.9 Å². The molecule has 2 aromatic carbocycles. The number of nitrogens with zero attached hydrogens (tertiary/aromatic N) is 1. The number of nitrogens with one attached hydrogen (secondary N) is 1. The lowest BCUT2D eigenvalue weighted by molar-refractivity contribution is -0.131. The second-order valence-electron chi connectivity index (χ2n) is 6.94. The number of carbonyl (C=O) groups is 2. The molecule has 4 nitrogen and oxygen atoms in total. The molecule has 2 amide bonds. The Bertz CT molecular complexity index is 810. The lowest BCUT2D eigenvalue weighted by Crippen LogP contribution is -2.41. The van der Waals surface area contributed by atoms with E-state index in [9.17, 15) is 14.0 Å². The third-order valence-electron chi connectivity index (χ3n) is 4.43. The van der Waals surface area contributed by atoms with Gasteiger partial charge in [-0.15, -0.1) is 0 Å². The third kappa shape index (κ3) is 4.69. The van der Waals surface area contributed by atoms with Crippen molar-refractivity contribution in [1.82, 2.24) is 10.2 Å². The van der Waals surface area contributed by atoms with Crippen molar-refractivity contribution in [1.29, 1.82) is 0 Å². The highest BCUT2D eigenvalue weighted by Gasteiger charge is 2.32. The van der Waals surface area contributed by atoms with Crippen LogP contribution >= 0.6 is 0 Å². The predicted octanol–water partition coefficient (Wildman–Crippen LogP) is 3.36. The van der Waals surface area contributed by atoms with Crippen LogP contribution in [0.3, 0.4) is 0 Å². The van der Waals surface area contributed by atoms with E-state index in [0.29, 0.717) is 12.1 Å². The summed E-state index contributed by atoms with van der Waals surface area (Å²) >= 11 is 0. The first-order valence-electron chi connectivity index (χ1n) is 8.83. The largest absolute Gasteiger partial charge is 0.343 e. The molecule has 2 aromatic rings. The van der Waals surface area contributed by atoms with Crippen molar-refractivity contribution in [2.45, 2.75) is 39.3 Å². The van der Waals surface area contributed by atoms with E-state index in [1.54, 1.807) is 29.2 Å². The van der Waals surface area contributed by atoms with Crippen LogP contribution in [-0.2, 0) is 11.3 Å². The van der Waals surface area contributed by atoms with Crippen LogP contribution in [0, 0.1) is 19.7 Å². The van der Waals surface area contributed by atoms with Gasteiger partial charge in [-0.05, 0) is 56.5 Å². The predicted molar refractivity (Wildman–Crippen MR) is 98.2 cm³/mol. The van der Waals surface area contributed by atoms with Gasteiger partial charge in [-0.25, -0.2) is 4.39 Å². The highest BCUT2D eigenvalue weighted by Crippen LogP contribution is 2.28. The van der Waals surface area contributed by atoms with Gasteiger partial charge in [0.2, 0.25) is 5.91 Å². The van der Waals surface area contributed by atoms with Crippen LogP contribution in [0.25, 0.3) is 0 Å². The zero-order chi connectivity index (χ0) is 18.7. The van der Waals surface area contributed by atoms with Crippen molar-refractivity contribution in [2.75, 3.05) is 6.54 Å². The number of carbonyl (C=O) groups excluding carboxylic acids is 2. The minimum absolute atomic E-state index is 0.0579. The summed E-state index contributed by atoms with van der Waals surface area (Å²) in [6.07, 6.45) is 1.90. The van der Waals surface area contributed by atoms with Gasteiger partial charge >= 0.3 is 0 Å². The molecular formula is C21H23FN2O2. The molecule has 0 saturated heterocycles. The fourth-order valence-electron chi connectivity index (χ4n) is 3.10. The van der Waals surface area contributed by atoms with Gasteiger partial charge < -0.3 is 10.2 Å². The Morgan fingerprint density at radius 1 is 1.12 bits per heavy atom. The van der Waals surface area contributed by atoms with Gasteiger partial charge in [-0.1, -0.05) is 29.3 Å².